The highest BCUT2D eigenvalue weighted by atomic mass is 16.3. The van der Waals surface area contributed by atoms with Crippen LogP contribution in [0.15, 0.2) is 72.6 Å². The molecule has 0 unspecified atom stereocenters. The Hall–Kier alpha value is -2.27. The number of aromatic nitrogens is 1. The molecule has 0 amide bonds. The van der Waals surface area contributed by atoms with Crippen molar-refractivity contribution in [1.82, 2.24) is 10.3 Å². The van der Waals surface area contributed by atoms with Crippen molar-refractivity contribution in [3.05, 3.63) is 89.3 Å². The van der Waals surface area contributed by atoms with Gasteiger partial charge in [-0.25, -0.2) is 0 Å². The summed E-state index contributed by atoms with van der Waals surface area (Å²) in [6.07, 6.45) is 16.8. The van der Waals surface area contributed by atoms with E-state index in [1.54, 1.807) is 5.57 Å². The number of unbranched alkanes of at least 4 members (excludes halogenated alkanes) is 2. The first kappa shape index (κ1) is 24.8. The maximum atomic E-state index is 10.6. The highest BCUT2D eigenvalue weighted by Gasteiger charge is 2.43. The van der Waals surface area contributed by atoms with E-state index < -0.39 is 6.10 Å². The molecule has 1 saturated carbocycles. The van der Waals surface area contributed by atoms with Gasteiger partial charge in [-0.05, 0) is 80.7 Å². The second-order valence-electron chi connectivity index (χ2n) is 10.2. The Morgan fingerprint density at radius 1 is 1.12 bits per heavy atom. The molecule has 1 fully saturated rings. The molecule has 5 atom stereocenters. The lowest BCUT2D eigenvalue weighted by atomic mass is 9.88. The van der Waals surface area contributed by atoms with E-state index in [1.165, 1.54) is 36.8 Å². The standard InChI is InChI=1S/C30H40N2O2/c1-22-6-5-8-24(16-22)18-27(33)9-10-28-29-19-25(17-26(29)20-30(28)34)7-3-2-4-13-32-21-23-11-14-31-15-12-23/h5-6,8-12,14-17,26-30,32-34H,2-4,7,13,18-21H2,1H3/b10-9+/t26-,27-,28+,29-,30+/m0/s1. The van der Waals surface area contributed by atoms with Crippen molar-refractivity contribution in [3.8, 4) is 0 Å². The van der Waals surface area contributed by atoms with Crippen molar-refractivity contribution in [1.29, 1.82) is 0 Å². The van der Waals surface area contributed by atoms with Gasteiger partial charge in [0, 0.05) is 31.3 Å². The van der Waals surface area contributed by atoms with Gasteiger partial charge in [0.05, 0.1) is 12.2 Å². The molecule has 2 aliphatic rings. The SMILES string of the molecule is Cc1cccc(C[C@@H](O)/C=C/[C@@H]2[C@H]3CC(CCCCCNCc4ccncc4)=C[C@H]3C[C@H]2O)c1. The van der Waals surface area contributed by atoms with Gasteiger partial charge in [0.25, 0.3) is 0 Å². The fourth-order valence-corrected chi connectivity index (χ4v) is 5.71. The predicted octanol–water partition coefficient (Wildman–Crippen LogP) is 5.14. The number of rotatable bonds is 12. The third-order valence-corrected chi connectivity index (χ3v) is 7.46. The predicted molar refractivity (Wildman–Crippen MR) is 138 cm³/mol. The van der Waals surface area contributed by atoms with Crippen LogP contribution in [-0.4, -0.2) is 33.9 Å². The molecule has 3 N–H and O–H groups in total. The first-order valence-corrected chi connectivity index (χ1v) is 13.0. The van der Waals surface area contributed by atoms with E-state index in [1.807, 2.05) is 24.5 Å². The van der Waals surface area contributed by atoms with Crippen LogP contribution in [0.1, 0.15) is 55.2 Å². The molecule has 0 bridgehead atoms. The number of nitrogens with one attached hydrogen (secondary N) is 1. The summed E-state index contributed by atoms with van der Waals surface area (Å²) in [6, 6.07) is 12.4. The van der Waals surface area contributed by atoms with E-state index >= 15 is 0 Å². The first-order chi connectivity index (χ1) is 16.6. The maximum Gasteiger partial charge on any atom is 0.0761 e. The molecular formula is C30H40N2O2. The number of nitrogens with zero attached hydrogens (tertiary/aromatic N) is 1. The second-order valence-corrected chi connectivity index (χ2v) is 10.2. The van der Waals surface area contributed by atoms with E-state index in [0.717, 1.165) is 31.5 Å². The van der Waals surface area contributed by atoms with Gasteiger partial charge in [-0.3, -0.25) is 4.98 Å². The molecule has 1 heterocycles. The lowest BCUT2D eigenvalue weighted by molar-refractivity contribution is 0.140. The van der Waals surface area contributed by atoms with Crippen LogP contribution in [0.2, 0.25) is 0 Å². The van der Waals surface area contributed by atoms with Crippen molar-refractivity contribution in [2.24, 2.45) is 17.8 Å². The molecule has 1 aromatic carbocycles. The lowest BCUT2D eigenvalue weighted by Crippen LogP contribution is -2.18. The summed E-state index contributed by atoms with van der Waals surface area (Å²) in [6.45, 7) is 4.04. The molecule has 0 saturated heterocycles. The molecule has 1 aromatic heterocycles. The Labute approximate surface area is 204 Å². The summed E-state index contributed by atoms with van der Waals surface area (Å²) >= 11 is 0. The summed E-state index contributed by atoms with van der Waals surface area (Å²) in [5.74, 6) is 1.15. The highest BCUT2D eigenvalue weighted by molar-refractivity contribution is 5.24. The van der Waals surface area contributed by atoms with Gasteiger partial charge in [-0.15, -0.1) is 0 Å². The third-order valence-electron chi connectivity index (χ3n) is 7.46. The molecule has 0 radical (unpaired) electrons. The van der Waals surface area contributed by atoms with Crippen LogP contribution in [0.4, 0.5) is 0 Å². The van der Waals surface area contributed by atoms with E-state index in [-0.39, 0.29) is 12.0 Å². The van der Waals surface area contributed by atoms with Crippen molar-refractivity contribution in [2.45, 2.75) is 70.6 Å². The number of fused-ring (bicyclic) bond motifs is 1. The zero-order valence-electron chi connectivity index (χ0n) is 20.4. The Kier molecular flexibility index (Phi) is 9.09. The molecule has 2 aromatic rings. The van der Waals surface area contributed by atoms with Crippen LogP contribution < -0.4 is 5.32 Å². The van der Waals surface area contributed by atoms with Crippen molar-refractivity contribution >= 4 is 0 Å². The minimum Gasteiger partial charge on any atom is -0.392 e. The molecular weight excluding hydrogens is 420 g/mol. The zero-order valence-corrected chi connectivity index (χ0v) is 20.4. The number of aliphatic hydroxyl groups excluding tert-OH is 2. The van der Waals surface area contributed by atoms with E-state index in [2.05, 4.69) is 59.7 Å². The van der Waals surface area contributed by atoms with Gasteiger partial charge in [0.1, 0.15) is 0 Å². The first-order valence-electron chi connectivity index (χ1n) is 13.0. The Bertz CT molecular complexity index is 955. The van der Waals surface area contributed by atoms with Crippen molar-refractivity contribution in [2.75, 3.05) is 6.54 Å². The number of aryl methyl sites for hydroxylation is 1. The summed E-state index contributed by atoms with van der Waals surface area (Å²) in [5.41, 5.74) is 5.23. The van der Waals surface area contributed by atoms with Crippen LogP contribution in [0, 0.1) is 24.7 Å². The fraction of sp³-hybridized carbons (Fsp3) is 0.500. The summed E-state index contributed by atoms with van der Waals surface area (Å²) in [7, 11) is 0. The van der Waals surface area contributed by atoms with E-state index in [4.69, 9.17) is 0 Å². The minimum atomic E-state index is -0.506. The molecule has 0 spiro atoms. The van der Waals surface area contributed by atoms with Crippen molar-refractivity contribution < 1.29 is 10.2 Å². The molecule has 182 valence electrons. The normalized spacial score (nSPS) is 25.0. The van der Waals surface area contributed by atoms with Gasteiger partial charge in [0.15, 0.2) is 0 Å². The maximum absolute atomic E-state index is 10.6. The van der Waals surface area contributed by atoms with Gasteiger partial charge in [-0.1, -0.05) is 60.1 Å². The quantitative estimate of drug-likeness (QED) is 0.303. The average Bonchev–Trinajstić information content (AvgIpc) is 3.34. The number of allylic oxidation sites excluding steroid dienone is 2. The highest BCUT2D eigenvalue weighted by Crippen LogP contribution is 2.48. The van der Waals surface area contributed by atoms with Gasteiger partial charge >= 0.3 is 0 Å². The second kappa shape index (κ2) is 12.4. The molecule has 4 rings (SSSR count). The third kappa shape index (κ3) is 7.11. The van der Waals surface area contributed by atoms with Crippen LogP contribution in [-0.2, 0) is 13.0 Å². The van der Waals surface area contributed by atoms with E-state index in [9.17, 15) is 10.2 Å². The molecule has 4 nitrogen and oxygen atoms in total. The Morgan fingerprint density at radius 3 is 2.79 bits per heavy atom. The van der Waals surface area contributed by atoms with Crippen LogP contribution >= 0.6 is 0 Å². The largest absolute Gasteiger partial charge is 0.392 e. The van der Waals surface area contributed by atoms with Gasteiger partial charge in [-0.2, -0.15) is 0 Å². The summed E-state index contributed by atoms with van der Waals surface area (Å²) in [4.78, 5) is 4.06. The summed E-state index contributed by atoms with van der Waals surface area (Å²) in [5, 5.41) is 24.7. The van der Waals surface area contributed by atoms with Crippen molar-refractivity contribution in [3.63, 3.8) is 0 Å². The molecule has 4 heteroatoms. The molecule has 34 heavy (non-hydrogen) atoms. The Morgan fingerprint density at radius 2 is 1.97 bits per heavy atom. The number of aliphatic hydroxyl groups is 2. The zero-order chi connectivity index (χ0) is 23.8. The number of benzene rings is 1. The van der Waals surface area contributed by atoms with Crippen LogP contribution in [0.5, 0.6) is 0 Å². The lowest BCUT2D eigenvalue weighted by Gasteiger charge is -2.19. The monoisotopic (exact) mass is 460 g/mol. The van der Waals surface area contributed by atoms with Gasteiger partial charge < -0.3 is 15.5 Å². The molecule has 2 aliphatic carbocycles. The number of pyridine rings is 1. The fourth-order valence-electron chi connectivity index (χ4n) is 5.71. The van der Waals surface area contributed by atoms with Gasteiger partial charge in [0.2, 0.25) is 0 Å². The minimum absolute atomic E-state index is 0.156. The van der Waals surface area contributed by atoms with Crippen LogP contribution in [0.3, 0.4) is 0 Å². The summed E-state index contributed by atoms with van der Waals surface area (Å²) < 4.78 is 0. The number of hydrogen-bond acceptors (Lipinski definition) is 4. The Balaban J connectivity index is 1.15. The average molecular weight is 461 g/mol. The smallest absolute Gasteiger partial charge is 0.0761 e. The topological polar surface area (TPSA) is 65.4 Å². The van der Waals surface area contributed by atoms with E-state index in [0.29, 0.717) is 18.3 Å². The molecule has 0 aliphatic heterocycles. The van der Waals surface area contributed by atoms with Crippen LogP contribution in [0.25, 0.3) is 0 Å². The number of hydrogen-bond donors (Lipinski definition) is 3.